The van der Waals surface area contributed by atoms with Crippen molar-refractivity contribution < 1.29 is 22.1 Å². The smallest absolute Gasteiger partial charge is 0.297 e. The van der Waals surface area contributed by atoms with Crippen molar-refractivity contribution in [3.63, 3.8) is 0 Å². The predicted octanol–water partition coefficient (Wildman–Crippen LogP) is 3.28. The minimum atomic E-state index is -3.86. The van der Waals surface area contributed by atoms with E-state index in [-0.39, 0.29) is 22.9 Å². The Kier molecular flexibility index (Phi) is 7.00. The molecule has 1 atom stereocenters. The molecule has 4 aromatic rings. The average molecular weight is 537 g/mol. The summed E-state index contributed by atoms with van der Waals surface area (Å²) in [4.78, 5) is 21.9. The van der Waals surface area contributed by atoms with E-state index >= 15 is 0 Å². The zero-order chi connectivity index (χ0) is 26.9. The number of benzene rings is 1. The van der Waals surface area contributed by atoms with E-state index in [0.717, 1.165) is 11.1 Å². The highest BCUT2D eigenvalue weighted by atomic mass is 32.2. The largest absolute Gasteiger partial charge is 0.481 e. The lowest BCUT2D eigenvalue weighted by Crippen LogP contribution is -2.48. The van der Waals surface area contributed by atoms with Gasteiger partial charge in [0.2, 0.25) is 5.88 Å². The first-order valence-corrected chi connectivity index (χ1v) is 13.5. The molecule has 2 N–H and O–H groups in total. The first-order chi connectivity index (χ1) is 18.2. The number of carbonyl (C=O) groups is 1. The van der Waals surface area contributed by atoms with E-state index in [9.17, 15) is 13.2 Å². The maximum absolute atomic E-state index is 13.0. The van der Waals surface area contributed by atoms with Crippen LogP contribution in [0.15, 0.2) is 66.0 Å². The number of aromatic nitrogens is 4. The van der Waals surface area contributed by atoms with Crippen LogP contribution in [0.3, 0.4) is 0 Å². The quantitative estimate of drug-likeness (QED) is 0.309. The topological polar surface area (TPSA) is 137 Å². The second-order valence-electron chi connectivity index (χ2n) is 9.23. The molecule has 11 nitrogen and oxygen atoms in total. The van der Waals surface area contributed by atoms with Crippen molar-refractivity contribution in [2.75, 3.05) is 12.4 Å². The molecule has 1 fully saturated rings. The number of amides is 1. The molecule has 0 bridgehead atoms. The summed E-state index contributed by atoms with van der Waals surface area (Å²) < 4.78 is 37.2. The van der Waals surface area contributed by atoms with Crippen LogP contribution in [-0.4, -0.2) is 53.2 Å². The van der Waals surface area contributed by atoms with Gasteiger partial charge in [0, 0.05) is 24.0 Å². The van der Waals surface area contributed by atoms with E-state index in [4.69, 9.17) is 8.92 Å². The van der Waals surface area contributed by atoms with Gasteiger partial charge in [-0.3, -0.25) is 8.98 Å². The number of rotatable bonds is 9. The van der Waals surface area contributed by atoms with E-state index < -0.39 is 16.2 Å². The fraction of sp³-hybridized carbons (Fsp3) is 0.308. The normalized spacial score (nSPS) is 18.0. The van der Waals surface area contributed by atoms with E-state index in [1.54, 1.807) is 37.7 Å². The van der Waals surface area contributed by atoms with Gasteiger partial charge in [0.15, 0.2) is 5.65 Å². The third kappa shape index (κ3) is 5.31. The van der Waals surface area contributed by atoms with Crippen LogP contribution in [0.2, 0.25) is 0 Å². The number of aryl methyl sites for hydroxylation is 1. The fourth-order valence-corrected chi connectivity index (χ4v) is 5.37. The van der Waals surface area contributed by atoms with Gasteiger partial charge in [-0.05, 0) is 51.0 Å². The molecule has 38 heavy (non-hydrogen) atoms. The molecule has 0 spiro atoms. The molecule has 12 heteroatoms. The zero-order valence-corrected chi connectivity index (χ0v) is 22.0. The third-order valence-corrected chi connectivity index (χ3v) is 7.82. The Hall–Kier alpha value is -4.03. The van der Waals surface area contributed by atoms with Gasteiger partial charge in [0.25, 0.3) is 16.0 Å². The Bertz CT molecular complexity index is 1560. The van der Waals surface area contributed by atoms with Crippen molar-refractivity contribution in [3.05, 3.63) is 77.7 Å². The van der Waals surface area contributed by atoms with Crippen LogP contribution >= 0.6 is 0 Å². The lowest BCUT2D eigenvalue weighted by atomic mass is 9.89. The summed E-state index contributed by atoms with van der Waals surface area (Å²) >= 11 is 0. The molecular weight excluding hydrogens is 508 g/mol. The molecule has 1 aliphatic carbocycles. The molecule has 1 saturated carbocycles. The van der Waals surface area contributed by atoms with Crippen molar-refractivity contribution >= 4 is 27.5 Å². The fourth-order valence-electron chi connectivity index (χ4n) is 4.28. The van der Waals surface area contributed by atoms with Gasteiger partial charge in [-0.1, -0.05) is 23.8 Å². The number of anilines is 1. The Morgan fingerprint density at radius 1 is 1.16 bits per heavy atom. The Morgan fingerprint density at radius 2 is 1.92 bits per heavy atom. The molecule has 0 unspecified atom stereocenters. The van der Waals surface area contributed by atoms with Gasteiger partial charge in [-0.25, -0.2) is 14.5 Å². The average Bonchev–Trinajstić information content (AvgIpc) is 3.31. The van der Waals surface area contributed by atoms with Gasteiger partial charge in [0.1, 0.15) is 11.4 Å². The van der Waals surface area contributed by atoms with Crippen LogP contribution in [0, 0.1) is 6.92 Å². The van der Waals surface area contributed by atoms with E-state index in [0.29, 0.717) is 35.8 Å². The van der Waals surface area contributed by atoms with Crippen LogP contribution in [0.25, 0.3) is 5.65 Å². The molecule has 1 aliphatic rings. The first-order valence-electron chi connectivity index (χ1n) is 12.1. The first kappa shape index (κ1) is 25.6. The minimum absolute atomic E-state index is 0.119. The number of fused-ring (bicyclic) bond motifs is 1. The predicted molar refractivity (Wildman–Crippen MR) is 140 cm³/mol. The Morgan fingerprint density at radius 3 is 2.66 bits per heavy atom. The summed E-state index contributed by atoms with van der Waals surface area (Å²) in [7, 11) is -2.29. The van der Waals surface area contributed by atoms with E-state index in [1.165, 1.54) is 22.8 Å². The minimum Gasteiger partial charge on any atom is -0.481 e. The van der Waals surface area contributed by atoms with Crippen molar-refractivity contribution in [3.8, 4) is 5.88 Å². The summed E-state index contributed by atoms with van der Waals surface area (Å²) in [6.45, 7) is 3.84. The van der Waals surface area contributed by atoms with Crippen molar-refractivity contribution in [1.82, 2.24) is 24.9 Å². The molecule has 1 aromatic carbocycles. The number of ether oxygens (including phenoxy) is 1. The summed E-state index contributed by atoms with van der Waals surface area (Å²) in [6, 6.07) is 11.6. The van der Waals surface area contributed by atoms with Crippen LogP contribution in [0.5, 0.6) is 5.88 Å². The summed E-state index contributed by atoms with van der Waals surface area (Å²) in [5.41, 5.74) is 2.54. The van der Waals surface area contributed by atoms with Crippen molar-refractivity contribution in [2.24, 2.45) is 0 Å². The van der Waals surface area contributed by atoms with Crippen LogP contribution < -0.4 is 15.4 Å². The molecule has 3 aromatic heterocycles. The highest BCUT2D eigenvalue weighted by Gasteiger charge is 2.35. The number of hydrogen-bond donors (Lipinski definition) is 2. The van der Waals surface area contributed by atoms with Crippen LogP contribution in [0.4, 0.5) is 5.82 Å². The molecule has 0 saturated heterocycles. The number of methoxy groups -OCH3 is 1. The zero-order valence-electron chi connectivity index (χ0n) is 21.2. The number of nitrogens with one attached hydrogen (secondary N) is 2. The molecule has 0 radical (unpaired) electrons. The standard InChI is InChI=1S/C26H28N6O5S/c1-16-6-8-20(9-7-16)38(34,35)37-19-13-18(14-19)30-25(33)22-15-28-32-12-10-23(31-24(22)32)29-17(2)21-5-4-11-27-26(21)36-3/h4-12,15,17-19H,13-14H2,1-3H3,(H,29,31)(H,30,33)/t17-,18?,19?/m1/s1. The molecule has 5 rings (SSSR count). The van der Waals surface area contributed by atoms with Crippen LogP contribution in [-0.2, 0) is 14.3 Å². The van der Waals surface area contributed by atoms with E-state index in [2.05, 4.69) is 25.7 Å². The SMILES string of the molecule is COc1ncccc1[C@@H](C)Nc1ccn2ncc(C(=O)NC3CC(OS(=O)(=O)c4ccc(C)cc4)C3)c2n1. The van der Waals surface area contributed by atoms with Gasteiger partial charge >= 0.3 is 0 Å². The number of pyridine rings is 1. The molecule has 1 amide bonds. The van der Waals surface area contributed by atoms with Crippen LogP contribution in [0.1, 0.15) is 47.3 Å². The van der Waals surface area contributed by atoms with Crippen molar-refractivity contribution in [1.29, 1.82) is 0 Å². The highest BCUT2D eigenvalue weighted by molar-refractivity contribution is 7.86. The summed E-state index contributed by atoms with van der Waals surface area (Å²) in [5, 5.41) is 10.5. The molecular formula is C26H28N6O5S. The maximum atomic E-state index is 13.0. The summed E-state index contributed by atoms with van der Waals surface area (Å²) in [6.07, 6.45) is 5.13. The van der Waals surface area contributed by atoms with Gasteiger partial charge < -0.3 is 15.4 Å². The lowest BCUT2D eigenvalue weighted by molar-refractivity contribution is 0.0733. The Balaban J connectivity index is 1.21. The van der Waals surface area contributed by atoms with Gasteiger partial charge in [-0.2, -0.15) is 13.5 Å². The second kappa shape index (κ2) is 10.4. The molecule has 0 aliphatic heterocycles. The monoisotopic (exact) mass is 536 g/mol. The third-order valence-electron chi connectivity index (χ3n) is 6.44. The highest BCUT2D eigenvalue weighted by Crippen LogP contribution is 2.29. The summed E-state index contributed by atoms with van der Waals surface area (Å²) in [5.74, 6) is 0.743. The second-order valence-corrected chi connectivity index (χ2v) is 10.8. The number of nitrogens with zero attached hydrogens (tertiary/aromatic N) is 4. The maximum Gasteiger partial charge on any atom is 0.297 e. The number of hydrogen-bond acceptors (Lipinski definition) is 9. The Labute approximate surface area is 220 Å². The number of carbonyl (C=O) groups excluding carboxylic acids is 1. The van der Waals surface area contributed by atoms with Crippen molar-refractivity contribution in [2.45, 2.75) is 49.8 Å². The molecule has 3 heterocycles. The molecule has 198 valence electrons. The van der Waals surface area contributed by atoms with E-state index in [1.807, 2.05) is 26.0 Å². The van der Waals surface area contributed by atoms with Gasteiger partial charge in [0.05, 0.1) is 30.3 Å². The lowest BCUT2D eigenvalue weighted by Gasteiger charge is -2.34. The van der Waals surface area contributed by atoms with Gasteiger partial charge in [-0.15, -0.1) is 0 Å².